The van der Waals surface area contributed by atoms with E-state index in [1.807, 2.05) is 19.3 Å². The van der Waals surface area contributed by atoms with E-state index in [4.69, 9.17) is 0 Å². The van der Waals surface area contributed by atoms with Gasteiger partial charge in [-0.05, 0) is 19.0 Å². The summed E-state index contributed by atoms with van der Waals surface area (Å²) < 4.78 is 23.5. The van der Waals surface area contributed by atoms with Crippen molar-refractivity contribution in [3.05, 3.63) is 18.0 Å². The van der Waals surface area contributed by atoms with Crippen molar-refractivity contribution < 1.29 is 8.42 Å². The van der Waals surface area contributed by atoms with Gasteiger partial charge in [-0.1, -0.05) is 0 Å². The summed E-state index contributed by atoms with van der Waals surface area (Å²) in [5.41, 5.74) is 1.05. The third-order valence-electron chi connectivity index (χ3n) is 2.20. The highest BCUT2D eigenvalue weighted by molar-refractivity contribution is 7.90. The topological polar surface area (TPSA) is 64.0 Å². The molecule has 1 rings (SSSR count). The number of nitrogens with one attached hydrogen (secondary N) is 1. The van der Waals surface area contributed by atoms with Crippen molar-refractivity contribution in [1.29, 1.82) is 0 Å². The van der Waals surface area contributed by atoms with Gasteiger partial charge in [-0.2, -0.15) is 5.10 Å². The smallest absolute Gasteiger partial charge is 0.147 e. The second kappa shape index (κ2) is 6.00. The Bertz CT molecular complexity index is 411. The first-order valence-electron chi connectivity index (χ1n) is 5.34. The van der Waals surface area contributed by atoms with Gasteiger partial charge in [-0.25, -0.2) is 8.42 Å². The van der Waals surface area contributed by atoms with Crippen LogP contribution in [0.5, 0.6) is 0 Å². The van der Waals surface area contributed by atoms with E-state index in [9.17, 15) is 8.42 Å². The number of sulfone groups is 1. The molecule has 0 radical (unpaired) electrons. The Balaban J connectivity index is 2.04. The molecule has 0 unspecified atom stereocenters. The fourth-order valence-corrected chi connectivity index (χ4v) is 2.07. The van der Waals surface area contributed by atoms with E-state index in [0.717, 1.165) is 25.2 Å². The first-order chi connectivity index (χ1) is 7.47. The van der Waals surface area contributed by atoms with Gasteiger partial charge in [0.25, 0.3) is 0 Å². The Morgan fingerprint density at radius 2 is 2.19 bits per heavy atom. The minimum absolute atomic E-state index is 0.254. The van der Waals surface area contributed by atoms with Crippen LogP contribution in [0.2, 0.25) is 0 Å². The summed E-state index contributed by atoms with van der Waals surface area (Å²) in [4.78, 5) is 0. The predicted molar refractivity (Wildman–Crippen MR) is 64.1 cm³/mol. The number of nitrogens with zero attached hydrogens (tertiary/aromatic N) is 2. The van der Waals surface area contributed by atoms with Crippen LogP contribution in [0, 0.1) is 0 Å². The van der Waals surface area contributed by atoms with E-state index < -0.39 is 9.84 Å². The summed E-state index contributed by atoms with van der Waals surface area (Å²) in [6, 6.07) is 1.98. The number of aryl methyl sites for hydroxylation is 1. The molecule has 0 aliphatic rings. The van der Waals surface area contributed by atoms with Crippen LogP contribution in [0.25, 0.3) is 0 Å². The zero-order chi connectivity index (χ0) is 12.0. The van der Waals surface area contributed by atoms with E-state index in [1.165, 1.54) is 6.26 Å². The maximum absolute atomic E-state index is 10.8. The van der Waals surface area contributed by atoms with Crippen LogP contribution in [-0.4, -0.2) is 43.3 Å². The lowest BCUT2D eigenvalue weighted by Gasteiger charge is -2.02. The quantitative estimate of drug-likeness (QED) is 0.686. The van der Waals surface area contributed by atoms with Crippen LogP contribution in [-0.2, 0) is 23.3 Å². The van der Waals surface area contributed by atoms with Crippen LogP contribution in [0.3, 0.4) is 0 Å². The summed E-state index contributed by atoms with van der Waals surface area (Å²) in [5, 5.41) is 7.45. The Kier molecular flexibility index (Phi) is 4.95. The molecule has 16 heavy (non-hydrogen) atoms. The fraction of sp³-hybridized carbons (Fsp3) is 0.700. The van der Waals surface area contributed by atoms with E-state index in [1.54, 1.807) is 4.68 Å². The maximum atomic E-state index is 10.8. The largest absolute Gasteiger partial charge is 0.316 e. The van der Waals surface area contributed by atoms with Gasteiger partial charge < -0.3 is 5.32 Å². The normalized spacial score (nSPS) is 11.9. The van der Waals surface area contributed by atoms with Gasteiger partial charge in [-0.3, -0.25) is 4.68 Å². The van der Waals surface area contributed by atoms with Gasteiger partial charge in [0.1, 0.15) is 9.84 Å². The van der Waals surface area contributed by atoms with Crippen LogP contribution in [0.1, 0.15) is 12.1 Å². The summed E-state index contributed by atoms with van der Waals surface area (Å²) in [5.74, 6) is 0.254. The lowest BCUT2D eigenvalue weighted by Crippen LogP contribution is -2.21. The maximum Gasteiger partial charge on any atom is 0.147 e. The van der Waals surface area contributed by atoms with E-state index in [-0.39, 0.29) is 5.75 Å². The third kappa shape index (κ3) is 5.87. The molecule has 0 aliphatic heterocycles. The second-order valence-electron chi connectivity index (χ2n) is 3.96. The zero-order valence-corrected chi connectivity index (χ0v) is 10.6. The lowest BCUT2D eigenvalue weighted by molar-refractivity contribution is 0.593. The monoisotopic (exact) mass is 245 g/mol. The van der Waals surface area contributed by atoms with Crippen molar-refractivity contribution in [1.82, 2.24) is 15.1 Å². The molecule has 92 valence electrons. The molecule has 0 amide bonds. The average molecular weight is 245 g/mol. The fourth-order valence-electron chi connectivity index (χ4n) is 1.40. The van der Waals surface area contributed by atoms with Gasteiger partial charge >= 0.3 is 0 Å². The third-order valence-corrected chi connectivity index (χ3v) is 3.23. The first-order valence-corrected chi connectivity index (χ1v) is 7.40. The van der Waals surface area contributed by atoms with Gasteiger partial charge in [0, 0.05) is 32.5 Å². The zero-order valence-electron chi connectivity index (χ0n) is 9.81. The van der Waals surface area contributed by atoms with Gasteiger partial charge in [0.2, 0.25) is 0 Å². The highest BCUT2D eigenvalue weighted by Gasteiger charge is 2.01. The molecule has 5 nitrogen and oxygen atoms in total. The molecule has 6 heteroatoms. The second-order valence-corrected chi connectivity index (χ2v) is 6.22. The number of rotatable bonds is 7. The summed E-state index contributed by atoms with van der Waals surface area (Å²) >= 11 is 0. The molecule has 0 saturated carbocycles. The SMILES string of the molecule is Cn1ccc(CCNCCCS(C)(=O)=O)n1. The minimum atomic E-state index is -2.82. The molecule has 0 fully saturated rings. The standard InChI is InChI=1S/C10H19N3O2S/c1-13-8-5-10(12-13)4-7-11-6-3-9-16(2,14)15/h5,8,11H,3-4,6-7,9H2,1-2H3. The summed E-state index contributed by atoms with van der Waals surface area (Å²) in [6.45, 7) is 1.57. The molecule has 1 heterocycles. The van der Waals surface area contributed by atoms with Gasteiger partial charge in [0.15, 0.2) is 0 Å². The molecular formula is C10H19N3O2S. The molecule has 0 atom stereocenters. The number of aromatic nitrogens is 2. The average Bonchev–Trinajstić information content (AvgIpc) is 2.56. The first kappa shape index (κ1) is 13.2. The molecule has 0 saturated heterocycles. The van der Waals surface area contributed by atoms with Crippen LogP contribution < -0.4 is 5.32 Å². The lowest BCUT2D eigenvalue weighted by atomic mass is 10.3. The Labute approximate surface area is 96.8 Å². The van der Waals surface area contributed by atoms with Crippen LogP contribution in [0.4, 0.5) is 0 Å². The highest BCUT2D eigenvalue weighted by atomic mass is 32.2. The molecule has 0 aromatic carbocycles. The molecule has 1 aromatic heterocycles. The van der Waals surface area contributed by atoms with Gasteiger partial charge in [0.05, 0.1) is 11.4 Å². The van der Waals surface area contributed by atoms with E-state index >= 15 is 0 Å². The van der Waals surface area contributed by atoms with Crippen molar-refractivity contribution >= 4 is 9.84 Å². The van der Waals surface area contributed by atoms with Crippen LogP contribution in [0.15, 0.2) is 12.3 Å². The van der Waals surface area contributed by atoms with Crippen molar-refractivity contribution in [2.45, 2.75) is 12.8 Å². The summed E-state index contributed by atoms with van der Waals surface area (Å²) in [7, 11) is -0.924. The van der Waals surface area contributed by atoms with Gasteiger partial charge in [-0.15, -0.1) is 0 Å². The van der Waals surface area contributed by atoms with Crippen molar-refractivity contribution in [2.24, 2.45) is 7.05 Å². The molecule has 0 aliphatic carbocycles. The summed E-state index contributed by atoms with van der Waals surface area (Å²) in [6.07, 6.45) is 4.72. The molecule has 1 N–H and O–H groups in total. The number of hydrogen-bond donors (Lipinski definition) is 1. The predicted octanol–water partition coefficient (Wildman–Crippen LogP) is -0.0131. The van der Waals surface area contributed by atoms with Crippen molar-refractivity contribution in [3.63, 3.8) is 0 Å². The Hall–Kier alpha value is -0.880. The number of hydrogen-bond acceptors (Lipinski definition) is 4. The van der Waals surface area contributed by atoms with Crippen molar-refractivity contribution in [2.75, 3.05) is 25.1 Å². The highest BCUT2D eigenvalue weighted by Crippen LogP contribution is 1.94. The molecule has 0 bridgehead atoms. The van der Waals surface area contributed by atoms with Crippen molar-refractivity contribution in [3.8, 4) is 0 Å². The molecule has 1 aromatic rings. The molecule has 0 spiro atoms. The minimum Gasteiger partial charge on any atom is -0.316 e. The molecular weight excluding hydrogens is 226 g/mol. The Morgan fingerprint density at radius 3 is 2.75 bits per heavy atom. The van der Waals surface area contributed by atoms with E-state index in [2.05, 4.69) is 10.4 Å². The van der Waals surface area contributed by atoms with E-state index in [0.29, 0.717) is 6.42 Å². The van der Waals surface area contributed by atoms with Crippen LogP contribution >= 0.6 is 0 Å². The Morgan fingerprint density at radius 1 is 1.44 bits per heavy atom.